The number of carbonyl (C=O) groups excluding carboxylic acids is 2. The number of methoxy groups -OCH3 is 1. The Morgan fingerprint density at radius 2 is 1.71 bits per heavy atom. The van der Waals surface area contributed by atoms with E-state index >= 15 is 0 Å². The van der Waals surface area contributed by atoms with Gasteiger partial charge in [-0.2, -0.15) is 0 Å². The molecule has 0 aliphatic rings. The van der Waals surface area contributed by atoms with E-state index in [-0.39, 0.29) is 21.5 Å². The second-order valence-electron chi connectivity index (χ2n) is 5.84. The molecule has 0 heterocycles. The molecule has 0 atom stereocenters. The summed E-state index contributed by atoms with van der Waals surface area (Å²) < 4.78 is 29.5. The molecule has 0 spiro atoms. The number of halogens is 2. The normalized spacial score (nSPS) is 11.0. The zero-order valence-electron chi connectivity index (χ0n) is 15.1. The van der Waals surface area contributed by atoms with Gasteiger partial charge in [0.15, 0.2) is 9.84 Å². The predicted molar refractivity (Wildman–Crippen MR) is 110 cm³/mol. The maximum atomic E-state index is 12.3. The van der Waals surface area contributed by atoms with Crippen molar-refractivity contribution in [3.05, 3.63) is 52.5 Å². The molecule has 0 saturated heterocycles. The van der Waals surface area contributed by atoms with Gasteiger partial charge in [0.2, 0.25) is 11.8 Å². The number of sulfone groups is 1. The van der Waals surface area contributed by atoms with Crippen LogP contribution in [0.1, 0.15) is 0 Å². The van der Waals surface area contributed by atoms with Crippen molar-refractivity contribution in [2.24, 2.45) is 0 Å². The first kappa shape index (κ1) is 22.0. The fourth-order valence-electron chi connectivity index (χ4n) is 2.30. The third-order valence-electron chi connectivity index (χ3n) is 3.73. The summed E-state index contributed by atoms with van der Waals surface area (Å²) in [6.07, 6.45) is 0. The van der Waals surface area contributed by atoms with Crippen molar-refractivity contribution >= 4 is 56.2 Å². The number of nitrogens with one attached hydrogen (secondary N) is 1. The maximum Gasteiger partial charge on any atom is 0.241 e. The minimum absolute atomic E-state index is 0.122. The van der Waals surface area contributed by atoms with Crippen LogP contribution in [-0.2, 0) is 19.4 Å². The Bertz CT molecular complexity index is 981. The SMILES string of the molecule is COc1cc(NC(=O)CS(=O)(=O)CC(=O)N(C)c2ccccc2)c(Cl)cc1Cl. The number of nitrogens with zero attached hydrogens (tertiary/aromatic N) is 1. The summed E-state index contributed by atoms with van der Waals surface area (Å²) in [6.45, 7) is 0. The quantitative estimate of drug-likeness (QED) is 0.708. The van der Waals surface area contributed by atoms with Crippen molar-refractivity contribution in [1.29, 1.82) is 0 Å². The van der Waals surface area contributed by atoms with Crippen LogP contribution in [0.15, 0.2) is 42.5 Å². The lowest BCUT2D eigenvalue weighted by atomic mass is 10.3. The van der Waals surface area contributed by atoms with E-state index in [1.165, 1.54) is 31.2 Å². The molecule has 2 aromatic carbocycles. The number of hydrogen-bond acceptors (Lipinski definition) is 5. The van der Waals surface area contributed by atoms with Crippen LogP contribution in [0.5, 0.6) is 5.75 Å². The van der Waals surface area contributed by atoms with Crippen molar-refractivity contribution in [2.75, 3.05) is 35.9 Å². The molecule has 0 aromatic heterocycles. The summed E-state index contributed by atoms with van der Waals surface area (Å²) >= 11 is 11.9. The highest BCUT2D eigenvalue weighted by Crippen LogP contribution is 2.34. The fraction of sp³-hybridized carbons (Fsp3) is 0.222. The van der Waals surface area contributed by atoms with E-state index in [2.05, 4.69) is 5.32 Å². The molecule has 2 amide bonds. The van der Waals surface area contributed by atoms with Crippen LogP contribution in [0, 0.1) is 0 Å². The lowest BCUT2D eigenvalue weighted by molar-refractivity contribution is -0.116. The van der Waals surface area contributed by atoms with Crippen molar-refractivity contribution in [3.63, 3.8) is 0 Å². The smallest absolute Gasteiger partial charge is 0.241 e. The summed E-state index contributed by atoms with van der Waals surface area (Å²) in [5.41, 5.74) is 0.697. The number of anilines is 2. The number of benzene rings is 2. The fourth-order valence-corrected chi connectivity index (χ4v) is 3.95. The molecular weight excluding hydrogens is 427 g/mol. The lowest BCUT2D eigenvalue weighted by Crippen LogP contribution is -2.35. The van der Waals surface area contributed by atoms with E-state index in [1.54, 1.807) is 30.3 Å². The molecule has 2 rings (SSSR count). The third-order valence-corrected chi connectivity index (χ3v) is 5.72. The zero-order chi connectivity index (χ0) is 20.9. The first-order valence-electron chi connectivity index (χ1n) is 7.98. The van der Waals surface area contributed by atoms with E-state index in [4.69, 9.17) is 27.9 Å². The van der Waals surface area contributed by atoms with Crippen LogP contribution < -0.4 is 15.0 Å². The van der Waals surface area contributed by atoms with Gasteiger partial charge in [0.25, 0.3) is 0 Å². The minimum atomic E-state index is -3.99. The number of rotatable bonds is 7. The van der Waals surface area contributed by atoms with Crippen LogP contribution in [0.4, 0.5) is 11.4 Å². The molecule has 10 heteroatoms. The Labute approximate surface area is 173 Å². The van der Waals surface area contributed by atoms with Crippen LogP contribution in [0.25, 0.3) is 0 Å². The Balaban J connectivity index is 2.04. The van der Waals surface area contributed by atoms with Crippen molar-refractivity contribution in [3.8, 4) is 5.75 Å². The van der Waals surface area contributed by atoms with Gasteiger partial charge < -0.3 is 15.0 Å². The van der Waals surface area contributed by atoms with Gasteiger partial charge >= 0.3 is 0 Å². The molecule has 0 fully saturated rings. The number of hydrogen-bond donors (Lipinski definition) is 1. The van der Waals surface area contributed by atoms with Gasteiger partial charge in [0.1, 0.15) is 17.3 Å². The van der Waals surface area contributed by atoms with E-state index in [1.807, 2.05) is 0 Å². The summed E-state index contributed by atoms with van der Waals surface area (Å²) in [6, 6.07) is 11.3. The molecule has 150 valence electrons. The van der Waals surface area contributed by atoms with Crippen LogP contribution in [0.2, 0.25) is 10.0 Å². The minimum Gasteiger partial charge on any atom is -0.495 e. The van der Waals surface area contributed by atoms with Crippen LogP contribution >= 0.6 is 23.2 Å². The van der Waals surface area contributed by atoms with Gasteiger partial charge in [-0.15, -0.1) is 0 Å². The second kappa shape index (κ2) is 9.27. The van der Waals surface area contributed by atoms with Crippen LogP contribution in [0.3, 0.4) is 0 Å². The number of ether oxygens (including phenoxy) is 1. The number of amides is 2. The zero-order valence-corrected chi connectivity index (χ0v) is 17.4. The monoisotopic (exact) mass is 444 g/mol. The highest BCUT2D eigenvalue weighted by atomic mass is 35.5. The Morgan fingerprint density at radius 1 is 1.07 bits per heavy atom. The van der Waals surface area contributed by atoms with Gasteiger partial charge in [0, 0.05) is 18.8 Å². The molecule has 7 nitrogen and oxygen atoms in total. The summed E-state index contributed by atoms with van der Waals surface area (Å²) in [7, 11) is -1.14. The van der Waals surface area contributed by atoms with Gasteiger partial charge in [-0.1, -0.05) is 41.4 Å². The first-order chi connectivity index (χ1) is 13.1. The molecule has 0 saturated carbocycles. The Hall–Kier alpha value is -2.29. The topological polar surface area (TPSA) is 92.8 Å². The van der Waals surface area contributed by atoms with Gasteiger partial charge in [-0.25, -0.2) is 8.42 Å². The molecule has 0 aliphatic carbocycles. The molecule has 28 heavy (non-hydrogen) atoms. The predicted octanol–water partition coefficient (Wildman–Crippen LogP) is 3.02. The summed E-state index contributed by atoms with van der Waals surface area (Å²) in [4.78, 5) is 25.6. The standard InChI is InChI=1S/C18H18Cl2N2O5S/c1-22(12-6-4-3-5-7-12)18(24)11-28(25,26)10-17(23)21-15-9-16(27-2)14(20)8-13(15)19/h3-9H,10-11H2,1-2H3,(H,21,23). The van der Waals surface area contributed by atoms with Crippen LogP contribution in [-0.4, -0.2) is 45.9 Å². The first-order valence-corrected chi connectivity index (χ1v) is 10.6. The molecule has 0 unspecified atom stereocenters. The number of carbonyl (C=O) groups is 2. The van der Waals surface area contributed by atoms with E-state index in [0.29, 0.717) is 5.69 Å². The largest absolute Gasteiger partial charge is 0.495 e. The molecule has 2 aromatic rings. The average Bonchev–Trinajstić information content (AvgIpc) is 2.63. The molecule has 0 bridgehead atoms. The lowest BCUT2D eigenvalue weighted by Gasteiger charge is -2.17. The summed E-state index contributed by atoms with van der Waals surface area (Å²) in [5.74, 6) is -2.89. The Kier molecular flexibility index (Phi) is 7.29. The van der Waals surface area contributed by atoms with Crippen molar-refractivity contribution in [2.45, 2.75) is 0 Å². The molecule has 0 aliphatic heterocycles. The highest BCUT2D eigenvalue weighted by molar-refractivity contribution is 7.92. The maximum absolute atomic E-state index is 12.3. The van der Waals surface area contributed by atoms with Crippen molar-refractivity contribution < 1.29 is 22.7 Å². The Morgan fingerprint density at radius 3 is 2.32 bits per heavy atom. The molecule has 0 radical (unpaired) electrons. The third kappa shape index (κ3) is 5.85. The second-order valence-corrected chi connectivity index (χ2v) is 8.71. The average molecular weight is 445 g/mol. The summed E-state index contributed by atoms with van der Waals surface area (Å²) in [5, 5.41) is 2.75. The van der Waals surface area contributed by atoms with E-state index in [0.717, 1.165) is 0 Å². The highest BCUT2D eigenvalue weighted by Gasteiger charge is 2.24. The molecular formula is C18H18Cl2N2O5S. The molecule has 1 N–H and O–H groups in total. The number of para-hydroxylation sites is 1. The van der Waals surface area contributed by atoms with Gasteiger partial charge in [-0.05, 0) is 18.2 Å². The van der Waals surface area contributed by atoms with E-state index in [9.17, 15) is 18.0 Å². The van der Waals surface area contributed by atoms with E-state index < -0.39 is 33.2 Å². The van der Waals surface area contributed by atoms with Crippen molar-refractivity contribution in [1.82, 2.24) is 0 Å². The van der Waals surface area contributed by atoms with Gasteiger partial charge in [0.05, 0.1) is 22.8 Å². The van der Waals surface area contributed by atoms with Gasteiger partial charge in [-0.3, -0.25) is 9.59 Å².